The number of fused-ring (bicyclic) bond motifs is 4. The molecule has 1 aromatic carbocycles. The van der Waals surface area contributed by atoms with Gasteiger partial charge >= 0.3 is 0 Å². The molecule has 1 aliphatic rings. The van der Waals surface area contributed by atoms with Crippen LogP contribution in [0.1, 0.15) is 16.1 Å². The summed E-state index contributed by atoms with van der Waals surface area (Å²) in [7, 11) is 0. The van der Waals surface area contributed by atoms with Crippen molar-refractivity contribution in [2.75, 3.05) is 0 Å². The summed E-state index contributed by atoms with van der Waals surface area (Å²) < 4.78 is 0. The highest BCUT2D eigenvalue weighted by atomic mass is 35.5. The van der Waals surface area contributed by atoms with Gasteiger partial charge in [-0.15, -0.1) is 0 Å². The van der Waals surface area contributed by atoms with E-state index in [1.807, 2.05) is 30.3 Å². The summed E-state index contributed by atoms with van der Waals surface area (Å²) in [5.74, 6) is -0.201. The number of carbonyl (C=O) groups excluding carboxylic acids is 1. The summed E-state index contributed by atoms with van der Waals surface area (Å²) in [5, 5.41) is 3.07. The number of hydrogen-bond donors (Lipinski definition) is 0. The van der Waals surface area contributed by atoms with Crippen LogP contribution in [0.25, 0.3) is 33.1 Å². The van der Waals surface area contributed by atoms with Crippen molar-refractivity contribution in [3.63, 3.8) is 0 Å². The van der Waals surface area contributed by atoms with Gasteiger partial charge in [0, 0.05) is 23.2 Å². The lowest BCUT2D eigenvalue weighted by Crippen LogP contribution is -2.14. The molecule has 0 fully saturated rings. The lowest BCUT2D eigenvalue weighted by molar-refractivity contribution is 0.103. The molecular weight excluding hydrogens is 310 g/mol. The Kier molecular flexibility index (Phi) is 2.39. The third-order valence-corrected chi connectivity index (χ3v) is 4.50. The highest BCUT2D eigenvalue weighted by Crippen LogP contribution is 2.40. The fraction of sp³-hybridized carbons (Fsp3) is 0. The van der Waals surface area contributed by atoms with E-state index in [4.69, 9.17) is 16.6 Å². The van der Waals surface area contributed by atoms with Gasteiger partial charge in [0.1, 0.15) is 17.1 Å². The Morgan fingerprint density at radius 1 is 0.826 bits per heavy atom. The predicted octanol–water partition coefficient (Wildman–Crippen LogP) is 4.04. The molecule has 0 saturated heterocycles. The summed E-state index contributed by atoms with van der Waals surface area (Å²) in [6.07, 6.45) is 3.25. The van der Waals surface area contributed by atoms with Gasteiger partial charge in [-0.2, -0.15) is 0 Å². The maximum Gasteiger partial charge on any atom is 0.215 e. The summed E-state index contributed by atoms with van der Waals surface area (Å²) in [6, 6.07) is 11.4. The smallest absolute Gasteiger partial charge is 0.215 e. The van der Waals surface area contributed by atoms with Crippen LogP contribution in [0.3, 0.4) is 0 Å². The van der Waals surface area contributed by atoms with E-state index in [-0.39, 0.29) is 5.78 Å². The van der Waals surface area contributed by atoms with Crippen LogP contribution < -0.4 is 0 Å². The summed E-state index contributed by atoms with van der Waals surface area (Å²) in [6.45, 7) is 0. The second kappa shape index (κ2) is 4.33. The van der Waals surface area contributed by atoms with E-state index in [9.17, 15) is 4.79 Å². The molecule has 0 spiro atoms. The highest BCUT2D eigenvalue weighted by molar-refractivity contribution is 6.38. The number of benzene rings is 1. The first kappa shape index (κ1) is 12.7. The summed E-state index contributed by atoms with van der Waals surface area (Å²) >= 11 is 6.24. The highest BCUT2D eigenvalue weighted by Gasteiger charge is 2.31. The molecule has 3 aromatic heterocycles. The number of rotatable bonds is 0. The van der Waals surface area contributed by atoms with Crippen molar-refractivity contribution in [2.45, 2.75) is 0 Å². The van der Waals surface area contributed by atoms with Crippen molar-refractivity contribution in [2.24, 2.45) is 0 Å². The van der Waals surface area contributed by atoms with E-state index >= 15 is 0 Å². The molecule has 5 heteroatoms. The number of hydrogen-bond acceptors (Lipinski definition) is 4. The first-order chi connectivity index (χ1) is 11.3. The van der Waals surface area contributed by atoms with Gasteiger partial charge in [0.15, 0.2) is 0 Å². The Morgan fingerprint density at radius 2 is 1.61 bits per heavy atom. The molecule has 4 nitrogen and oxygen atoms in total. The zero-order chi connectivity index (χ0) is 15.6. The van der Waals surface area contributed by atoms with Crippen molar-refractivity contribution in [3.05, 3.63) is 65.1 Å². The van der Waals surface area contributed by atoms with Crippen LogP contribution in [0.5, 0.6) is 0 Å². The number of nitrogens with zero attached hydrogens (tertiary/aromatic N) is 3. The Labute approximate surface area is 135 Å². The molecule has 23 heavy (non-hydrogen) atoms. The molecule has 0 saturated carbocycles. The van der Waals surface area contributed by atoms with E-state index in [0.29, 0.717) is 27.7 Å². The van der Waals surface area contributed by atoms with E-state index < -0.39 is 0 Å². The van der Waals surface area contributed by atoms with E-state index in [0.717, 1.165) is 21.7 Å². The van der Waals surface area contributed by atoms with Gasteiger partial charge in [-0.1, -0.05) is 29.8 Å². The van der Waals surface area contributed by atoms with Gasteiger partial charge in [-0.05, 0) is 23.6 Å². The quantitative estimate of drug-likeness (QED) is 0.404. The van der Waals surface area contributed by atoms with Crippen LogP contribution in [0.15, 0.2) is 48.8 Å². The van der Waals surface area contributed by atoms with Crippen LogP contribution in [-0.2, 0) is 0 Å². The number of aromatic nitrogens is 3. The molecule has 0 N–H and O–H groups in total. The largest absolute Gasteiger partial charge is 0.287 e. The number of carbonyl (C=O) groups is 1. The molecule has 5 rings (SSSR count). The van der Waals surface area contributed by atoms with E-state index in [1.54, 1.807) is 18.5 Å². The molecule has 0 radical (unpaired) electrons. The molecular formula is C18H8ClN3O. The minimum atomic E-state index is -0.201. The number of para-hydroxylation sites is 1. The third kappa shape index (κ3) is 1.56. The van der Waals surface area contributed by atoms with Crippen molar-refractivity contribution in [1.82, 2.24) is 15.0 Å². The van der Waals surface area contributed by atoms with Crippen LogP contribution in [-0.4, -0.2) is 20.7 Å². The predicted molar refractivity (Wildman–Crippen MR) is 88.7 cm³/mol. The van der Waals surface area contributed by atoms with Crippen LogP contribution >= 0.6 is 11.6 Å². The lowest BCUT2D eigenvalue weighted by Gasteiger charge is -2.19. The molecule has 3 heterocycles. The van der Waals surface area contributed by atoms with Gasteiger partial charge in [0.05, 0.1) is 16.1 Å². The monoisotopic (exact) mass is 317 g/mol. The van der Waals surface area contributed by atoms with Gasteiger partial charge in [-0.3, -0.25) is 14.8 Å². The second-order valence-electron chi connectivity index (χ2n) is 5.41. The summed E-state index contributed by atoms with van der Waals surface area (Å²) in [4.78, 5) is 26.2. The van der Waals surface area contributed by atoms with Crippen LogP contribution in [0.4, 0.5) is 0 Å². The minimum absolute atomic E-state index is 0.201. The molecule has 1 aliphatic carbocycles. The van der Waals surface area contributed by atoms with Gasteiger partial charge < -0.3 is 0 Å². The Bertz CT molecular complexity index is 1150. The average molecular weight is 318 g/mol. The van der Waals surface area contributed by atoms with E-state index in [2.05, 4.69) is 9.97 Å². The normalized spacial score (nSPS) is 12.7. The molecule has 0 atom stereocenters. The third-order valence-electron chi connectivity index (χ3n) is 4.18. The first-order valence-electron chi connectivity index (χ1n) is 7.13. The van der Waals surface area contributed by atoms with Crippen molar-refractivity contribution in [3.8, 4) is 11.4 Å². The Balaban J connectivity index is 2.10. The lowest BCUT2D eigenvalue weighted by atomic mass is 9.90. The van der Waals surface area contributed by atoms with Gasteiger partial charge in [0.2, 0.25) is 5.78 Å². The van der Waals surface area contributed by atoms with Crippen LogP contribution in [0, 0.1) is 0 Å². The standard InChI is InChI=1S/C18H8ClN3O/c19-11-6-8-20-15-14(11)18(23)17-13-10(5-7-21-17)9-3-1-2-4-12(9)22-16(13)15/h1-8H. The number of pyridine rings is 3. The Morgan fingerprint density at radius 3 is 2.52 bits per heavy atom. The first-order valence-corrected chi connectivity index (χ1v) is 7.50. The molecule has 108 valence electrons. The maximum absolute atomic E-state index is 12.8. The van der Waals surface area contributed by atoms with Gasteiger partial charge in [-0.25, -0.2) is 4.98 Å². The van der Waals surface area contributed by atoms with Crippen molar-refractivity contribution in [1.29, 1.82) is 0 Å². The van der Waals surface area contributed by atoms with Crippen molar-refractivity contribution >= 4 is 39.1 Å². The zero-order valence-corrected chi connectivity index (χ0v) is 12.5. The number of halogens is 1. The topological polar surface area (TPSA) is 55.7 Å². The van der Waals surface area contributed by atoms with Crippen LogP contribution in [0.2, 0.25) is 5.02 Å². The second-order valence-corrected chi connectivity index (χ2v) is 5.81. The van der Waals surface area contributed by atoms with E-state index in [1.165, 1.54) is 0 Å². The molecule has 0 bridgehead atoms. The molecule has 4 aromatic rings. The fourth-order valence-corrected chi connectivity index (χ4v) is 3.43. The molecule has 0 unspecified atom stereocenters. The molecule has 0 amide bonds. The number of ketones is 1. The zero-order valence-electron chi connectivity index (χ0n) is 11.7. The van der Waals surface area contributed by atoms with Gasteiger partial charge in [0.25, 0.3) is 0 Å². The fourth-order valence-electron chi connectivity index (χ4n) is 3.20. The average Bonchev–Trinajstić information content (AvgIpc) is 2.59. The maximum atomic E-state index is 12.8. The minimum Gasteiger partial charge on any atom is -0.287 e. The summed E-state index contributed by atoms with van der Waals surface area (Å²) in [5.41, 5.74) is 2.81. The SMILES string of the molecule is O=C1c2c(Cl)ccnc2-c2nc3ccccc3c3ccnc1c23. The van der Waals surface area contributed by atoms with Crippen molar-refractivity contribution < 1.29 is 4.79 Å². The Hall–Kier alpha value is -2.85. The molecule has 0 aliphatic heterocycles.